The first kappa shape index (κ1) is 8.01. The predicted octanol–water partition coefficient (Wildman–Crippen LogP) is 0.400. The van der Waals surface area contributed by atoms with Crippen LogP contribution in [0.2, 0.25) is 0 Å². The van der Waals surface area contributed by atoms with Crippen LogP contribution in [-0.4, -0.2) is 11.9 Å². The third-order valence-electron chi connectivity index (χ3n) is 1.72. The van der Waals surface area contributed by atoms with Crippen LogP contribution in [0.3, 0.4) is 0 Å². The molecular formula is C8H11N2O. The zero-order valence-electron chi connectivity index (χ0n) is 6.21. The van der Waals surface area contributed by atoms with Gasteiger partial charge in [0.25, 0.3) is 5.91 Å². The number of hydrogen-bond donors (Lipinski definition) is 1. The number of carbonyl (C=O) groups excluding carboxylic acids is 1. The molecule has 0 saturated carbocycles. The molecule has 0 aromatic rings. The lowest BCUT2D eigenvalue weighted by atomic mass is 9.99. The Kier molecular flexibility index (Phi) is 2.44. The normalized spacial score (nSPS) is 19.2. The molecular weight excluding hydrogens is 140 g/mol. The Hall–Kier alpha value is -1.09. The molecule has 59 valence electrons. The number of nitrogens with two attached hydrogens (primary N) is 1. The highest BCUT2D eigenvalue weighted by Crippen LogP contribution is 2.13. The number of hydrogen-bond acceptors (Lipinski definition) is 2. The van der Waals surface area contributed by atoms with E-state index in [0.29, 0.717) is 6.42 Å². The van der Waals surface area contributed by atoms with Crippen molar-refractivity contribution in [2.24, 2.45) is 5.73 Å². The molecule has 1 aliphatic carbocycles. The molecule has 3 heteroatoms. The van der Waals surface area contributed by atoms with E-state index in [1.807, 2.05) is 18.2 Å². The van der Waals surface area contributed by atoms with Gasteiger partial charge < -0.3 is 5.73 Å². The van der Waals surface area contributed by atoms with Crippen LogP contribution in [0.4, 0.5) is 0 Å². The molecule has 1 aliphatic rings. The van der Waals surface area contributed by atoms with Gasteiger partial charge in [-0.3, -0.25) is 10.5 Å². The van der Waals surface area contributed by atoms with Crippen molar-refractivity contribution in [1.82, 2.24) is 5.73 Å². The summed E-state index contributed by atoms with van der Waals surface area (Å²) in [5.74, 6) is -0.702. The van der Waals surface area contributed by atoms with Crippen molar-refractivity contribution in [3.63, 3.8) is 0 Å². The average molecular weight is 151 g/mol. The average Bonchev–Trinajstić information content (AvgIpc) is 2.05. The summed E-state index contributed by atoms with van der Waals surface area (Å²) in [6.07, 6.45) is 7.45. The summed E-state index contributed by atoms with van der Waals surface area (Å²) in [5.41, 5.74) is 13.1. The molecule has 3 nitrogen and oxygen atoms in total. The van der Waals surface area contributed by atoms with Crippen molar-refractivity contribution >= 4 is 5.91 Å². The summed E-state index contributed by atoms with van der Waals surface area (Å²) in [4.78, 5) is 10.5. The molecule has 0 unspecified atom stereocenters. The molecule has 0 bridgehead atoms. The number of rotatable bonds is 2. The second-order valence-corrected chi connectivity index (χ2v) is 2.53. The largest absolute Gasteiger partial charge is 0.316 e. The summed E-state index contributed by atoms with van der Waals surface area (Å²) in [5, 5.41) is 0. The highest BCUT2D eigenvalue weighted by Gasteiger charge is 2.14. The maximum absolute atomic E-state index is 10.5. The smallest absolute Gasteiger partial charge is 0.259 e. The maximum atomic E-state index is 10.5. The number of amides is 1. The highest BCUT2D eigenvalue weighted by atomic mass is 16.1. The van der Waals surface area contributed by atoms with Crippen LogP contribution in [0.15, 0.2) is 23.8 Å². The van der Waals surface area contributed by atoms with Crippen LogP contribution in [0, 0.1) is 0 Å². The second kappa shape index (κ2) is 3.34. The van der Waals surface area contributed by atoms with Crippen LogP contribution in [0.25, 0.3) is 0 Å². The molecule has 3 N–H and O–H groups in total. The minimum atomic E-state index is -0.708. The first-order valence-electron chi connectivity index (χ1n) is 3.57. The van der Waals surface area contributed by atoms with Gasteiger partial charge in [0, 0.05) is 0 Å². The van der Waals surface area contributed by atoms with E-state index in [2.05, 4.69) is 0 Å². The van der Waals surface area contributed by atoms with Gasteiger partial charge in [-0.2, -0.15) is 0 Å². The molecule has 0 aromatic heterocycles. The molecule has 0 fully saturated rings. The molecule has 1 rings (SSSR count). The first-order valence-corrected chi connectivity index (χ1v) is 3.57. The molecule has 11 heavy (non-hydrogen) atoms. The van der Waals surface area contributed by atoms with E-state index in [1.54, 1.807) is 0 Å². The second-order valence-electron chi connectivity index (χ2n) is 2.53. The fourth-order valence-electron chi connectivity index (χ4n) is 1.04. The summed E-state index contributed by atoms with van der Waals surface area (Å²) in [6.45, 7) is 0. The Morgan fingerprint density at radius 3 is 2.82 bits per heavy atom. The third-order valence-corrected chi connectivity index (χ3v) is 1.72. The number of nitrogens with one attached hydrogen (secondary N) is 1. The van der Waals surface area contributed by atoms with E-state index in [9.17, 15) is 4.79 Å². The quantitative estimate of drug-likeness (QED) is 0.580. The molecule has 1 atom stereocenters. The van der Waals surface area contributed by atoms with Crippen molar-refractivity contribution in [2.75, 3.05) is 0 Å². The molecule has 0 heterocycles. The van der Waals surface area contributed by atoms with Crippen molar-refractivity contribution in [3.05, 3.63) is 23.8 Å². The third kappa shape index (κ3) is 1.91. The Bertz CT molecular complexity index is 218. The van der Waals surface area contributed by atoms with Crippen molar-refractivity contribution in [3.8, 4) is 0 Å². The highest BCUT2D eigenvalue weighted by molar-refractivity contribution is 5.82. The van der Waals surface area contributed by atoms with Crippen LogP contribution in [0.1, 0.15) is 12.8 Å². The van der Waals surface area contributed by atoms with Gasteiger partial charge in [-0.15, -0.1) is 0 Å². The predicted molar refractivity (Wildman–Crippen MR) is 42.5 cm³/mol. The molecule has 1 radical (unpaired) electrons. The summed E-state index contributed by atoms with van der Waals surface area (Å²) >= 11 is 0. The number of allylic oxidation sites excluding steroid dienone is 3. The van der Waals surface area contributed by atoms with Crippen LogP contribution in [-0.2, 0) is 4.79 Å². The van der Waals surface area contributed by atoms with E-state index < -0.39 is 11.9 Å². The number of carbonyl (C=O) groups is 1. The van der Waals surface area contributed by atoms with E-state index in [4.69, 9.17) is 11.5 Å². The van der Waals surface area contributed by atoms with Gasteiger partial charge in [0.15, 0.2) is 0 Å². The van der Waals surface area contributed by atoms with Crippen molar-refractivity contribution in [1.29, 1.82) is 0 Å². The minimum absolute atomic E-state index is 0.702. The lowest BCUT2D eigenvalue weighted by Crippen LogP contribution is -2.33. The SMILES string of the molecule is [NH]C(=O)[C@H](N)C1=CCC=CC1. The first-order chi connectivity index (χ1) is 5.22. The van der Waals surface area contributed by atoms with E-state index >= 15 is 0 Å². The zero-order chi connectivity index (χ0) is 8.27. The Morgan fingerprint density at radius 1 is 1.64 bits per heavy atom. The molecule has 0 spiro atoms. The monoisotopic (exact) mass is 151 g/mol. The fraction of sp³-hybridized carbons (Fsp3) is 0.375. The molecule has 0 saturated heterocycles. The minimum Gasteiger partial charge on any atom is -0.316 e. The van der Waals surface area contributed by atoms with Gasteiger partial charge in [0.1, 0.15) is 6.04 Å². The Labute approximate surface area is 65.8 Å². The Balaban J connectivity index is 2.60. The summed E-state index contributed by atoms with van der Waals surface area (Å²) < 4.78 is 0. The van der Waals surface area contributed by atoms with Crippen molar-refractivity contribution in [2.45, 2.75) is 18.9 Å². The lowest BCUT2D eigenvalue weighted by Gasteiger charge is -2.12. The fourth-order valence-corrected chi connectivity index (χ4v) is 1.04. The summed E-state index contributed by atoms with van der Waals surface area (Å²) in [6, 6.07) is -0.708. The maximum Gasteiger partial charge on any atom is 0.259 e. The van der Waals surface area contributed by atoms with Gasteiger partial charge in [-0.05, 0) is 18.4 Å². The standard InChI is InChI=1S/C8H11N2O/c9-7(8(10)11)6-4-2-1-3-5-6/h1-2,5,7,10H,3-4,9H2/t7-/m1/s1. The van der Waals surface area contributed by atoms with Gasteiger partial charge >= 0.3 is 0 Å². The van der Waals surface area contributed by atoms with E-state index in [0.717, 1.165) is 12.0 Å². The zero-order valence-corrected chi connectivity index (χ0v) is 6.21. The van der Waals surface area contributed by atoms with Crippen LogP contribution >= 0.6 is 0 Å². The summed E-state index contributed by atoms with van der Waals surface area (Å²) in [7, 11) is 0. The molecule has 1 amide bonds. The van der Waals surface area contributed by atoms with Gasteiger partial charge in [-0.1, -0.05) is 18.2 Å². The van der Waals surface area contributed by atoms with Crippen LogP contribution < -0.4 is 11.5 Å². The lowest BCUT2D eigenvalue weighted by molar-refractivity contribution is -0.119. The molecule has 0 aliphatic heterocycles. The van der Waals surface area contributed by atoms with Gasteiger partial charge in [0.2, 0.25) is 0 Å². The van der Waals surface area contributed by atoms with Crippen molar-refractivity contribution < 1.29 is 4.79 Å². The topological polar surface area (TPSA) is 66.9 Å². The van der Waals surface area contributed by atoms with Crippen LogP contribution in [0.5, 0.6) is 0 Å². The Morgan fingerprint density at radius 2 is 2.36 bits per heavy atom. The molecule has 0 aromatic carbocycles. The van der Waals surface area contributed by atoms with Gasteiger partial charge in [0.05, 0.1) is 0 Å². The van der Waals surface area contributed by atoms with E-state index in [-0.39, 0.29) is 0 Å². The van der Waals surface area contributed by atoms with Gasteiger partial charge in [-0.25, -0.2) is 0 Å². The van der Waals surface area contributed by atoms with E-state index in [1.165, 1.54) is 0 Å².